The number of amides is 1. The maximum atomic E-state index is 13.0. The lowest BCUT2D eigenvalue weighted by Crippen LogP contribution is -2.47. The Hall–Kier alpha value is -1.76. The summed E-state index contributed by atoms with van der Waals surface area (Å²) in [5, 5.41) is 3.15. The van der Waals surface area contributed by atoms with Crippen molar-refractivity contribution in [2.24, 2.45) is 5.92 Å². The number of benzene rings is 1. The topological polar surface area (TPSA) is 53.2 Å². The number of hydrogen-bond donors (Lipinski definition) is 3. The SMILES string of the molecule is CC(C)CCNC(=S)NNC(=O)c1cc(F)cc(F)c1. The number of hydrazine groups is 1. The Morgan fingerprint density at radius 2 is 1.80 bits per heavy atom. The molecule has 0 unspecified atom stereocenters. The van der Waals surface area contributed by atoms with Crippen LogP contribution in [0.4, 0.5) is 8.78 Å². The van der Waals surface area contributed by atoms with Gasteiger partial charge in [0.15, 0.2) is 5.11 Å². The summed E-state index contributed by atoms with van der Waals surface area (Å²) in [4.78, 5) is 11.6. The van der Waals surface area contributed by atoms with Gasteiger partial charge in [-0.2, -0.15) is 0 Å². The molecule has 1 rings (SSSR count). The summed E-state index contributed by atoms with van der Waals surface area (Å²) in [5.74, 6) is -1.76. The van der Waals surface area contributed by atoms with Gasteiger partial charge in [0.05, 0.1) is 0 Å². The number of rotatable bonds is 4. The third kappa shape index (κ3) is 5.92. The Morgan fingerprint density at radius 1 is 1.20 bits per heavy atom. The first kappa shape index (κ1) is 16.3. The predicted octanol–water partition coefficient (Wildman–Crippen LogP) is 2.12. The highest BCUT2D eigenvalue weighted by molar-refractivity contribution is 7.80. The van der Waals surface area contributed by atoms with Crippen LogP contribution in [0.3, 0.4) is 0 Å². The zero-order valence-corrected chi connectivity index (χ0v) is 12.1. The lowest BCUT2D eigenvalue weighted by molar-refractivity contribution is 0.0942. The van der Waals surface area contributed by atoms with Gasteiger partial charge in [0, 0.05) is 18.2 Å². The van der Waals surface area contributed by atoms with E-state index in [1.807, 2.05) is 0 Å². The molecular formula is C13H17F2N3OS. The molecule has 7 heteroatoms. The molecule has 0 saturated heterocycles. The molecule has 0 aliphatic heterocycles. The van der Waals surface area contributed by atoms with Gasteiger partial charge < -0.3 is 5.32 Å². The number of nitrogens with one attached hydrogen (secondary N) is 3. The summed E-state index contributed by atoms with van der Waals surface area (Å²) in [5.41, 5.74) is 4.61. The highest BCUT2D eigenvalue weighted by Crippen LogP contribution is 2.07. The molecule has 20 heavy (non-hydrogen) atoms. The number of thiocarbonyl (C=S) groups is 1. The Morgan fingerprint density at radius 3 is 2.35 bits per heavy atom. The van der Waals surface area contributed by atoms with Gasteiger partial charge >= 0.3 is 0 Å². The second-order valence-corrected chi connectivity index (χ2v) is 5.08. The quantitative estimate of drug-likeness (QED) is 0.589. The molecule has 3 N–H and O–H groups in total. The third-order valence-electron chi connectivity index (χ3n) is 2.42. The van der Waals surface area contributed by atoms with Crippen LogP contribution in [0.15, 0.2) is 18.2 Å². The highest BCUT2D eigenvalue weighted by Gasteiger charge is 2.09. The zero-order valence-electron chi connectivity index (χ0n) is 11.3. The van der Waals surface area contributed by atoms with E-state index in [0.29, 0.717) is 18.5 Å². The first-order chi connectivity index (χ1) is 9.38. The second-order valence-electron chi connectivity index (χ2n) is 4.68. The molecule has 0 radical (unpaired) electrons. The van der Waals surface area contributed by atoms with E-state index in [1.165, 1.54) is 0 Å². The lowest BCUT2D eigenvalue weighted by Gasteiger charge is -2.12. The lowest BCUT2D eigenvalue weighted by atomic mass is 10.1. The Balaban J connectivity index is 2.41. The normalized spacial score (nSPS) is 10.2. The van der Waals surface area contributed by atoms with Crippen LogP contribution in [0.25, 0.3) is 0 Å². The minimum Gasteiger partial charge on any atom is -0.361 e. The molecule has 1 aromatic carbocycles. The average Bonchev–Trinajstić information content (AvgIpc) is 2.34. The van der Waals surface area contributed by atoms with Crippen LogP contribution in [0.5, 0.6) is 0 Å². The van der Waals surface area contributed by atoms with Gasteiger partial charge in [-0.3, -0.25) is 15.6 Å². The van der Waals surface area contributed by atoms with Crippen molar-refractivity contribution in [1.82, 2.24) is 16.2 Å². The Bertz CT molecular complexity index is 474. The van der Waals surface area contributed by atoms with Crippen molar-refractivity contribution in [2.45, 2.75) is 20.3 Å². The smallest absolute Gasteiger partial charge is 0.269 e. The molecule has 1 aromatic rings. The first-order valence-electron chi connectivity index (χ1n) is 6.18. The van der Waals surface area contributed by atoms with E-state index in [2.05, 4.69) is 30.0 Å². The number of hydrogen-bond acceptors (Lipinski definition) is 2. The van der Waals surface area contributed by atoms with E-state index in [4.69, 9.17) is 12.2 Å². The van der Waals surface area contributed by atoms with Crippen molar-refractivity contribution in [1.29, 1.82) is 0 Å². The van der Waals surface area contributed by atoms with Crippen molar-refractivity contribution in [3.63, 3.8) is 0 Å². The summed E-state index contributed by atoms with van der Waals surface area (Å²) in [6, 6.07) is 2.58. The number of halogens is 2. The van der Waals surface area contributed by atoms with Crippen LogP contribution < -0.4 is 16.2 Å². The summed E-state index contributed by atoms with van der Waals surface area (Å²) in [6.45, 7) is 4.84. The van der Waals surface area contributed by atoms with Crippen LogP contribution in [0, 0.1) is 17.6 Å². The molecule has 0 aromatic heterocycles. The molecule has 0 aliphatic carbocycles. The van der Waals surface area contributed by atoms with E-state index < -0.39 is 17.5 Å². The molecule has 0 heterocycles. The van der Waals surface area contributed by atoms with Gasteiger partial charge in [-0.1, -0.05) is 13.8 Å². The summed E-state index contributed by atoms with van der Waals surface area (Å²) >= 11 is 4.94. The Labute approximate surface area is 121 Å². The van der Waals surface area contributed by atoms with Crippen LogP contribution in [0.2, 0.25) is 0 Å². The average molecular weight is 301 g/mol. The molecule has 0 spiro atoms. The fraction of sp³-hybridized carbons (Fsp3) is 0.385. The van der Waals surface area contributed by atoms with Gasteiger partial charge in [0.2, 0.25) is 0 Å². The van der Waals surface area contributed by atoms with Crippen LogP contribution in [0.1, 0.15) is 30.6 Å². The van der Waals surface area contributed by atoms with Gasteiger partial charge in [0.1, 0.15) is 11.6 Å². The van der Waals surface area contributed by atoms with E-state index in [0.717, 1.165) is 18.6 Å². The van der Waals surface area contributed by atoms with Crippen molar-refractivity contribution in [3.05, 3.63) is 35.4 Å². The molecule has 0 aliphatic rings. The van der Waals surface area contributed by atoms with E-state index in [-0.39, 0.29) is 10.7 Å². The minimum atomic E-state index is -0.812. The summed E-state index contributed by atoms with van der Waals surface area (Å²) < 4.78 is 25.9. The standard InChI is InChI=1S/C13H17F2N3OS/c1-8(2)3-4-16-13(20)18-17-12(19)9-5-10(14)7-11(15)6-9/h5-8H,3-4H2,1-2H3,(H,17,19)(H2,16,18,20). The summed E-state index contributed by atoms with van der Waals surface area (Å²) in [7, 11) is 0. The fourth-order valence-corrected chi connectivity index (χ4v) is 1.54. The molecule has 1 amide bonds. The fourth-order valence-electron chi connectivity index (χ4n) is 1.39. The minimum absolute atomic E-state index is 0.125. The van der Waals surface area contributed by atoms with E-state index >= 15 is 0 Å². The zero-order chi connectivity index (χ0) is 15.1. The Kier molecular flexibility index (Phi) is 6.30. The van der Waals surface area contributed by atoms with Gasteiger partial charge in [0.25, 0.3) is 5.91 Å². The van der Waals surface area contributed by atoms with E-state index in [9.17, 15) is 13.6 Å². The second kappa shape index (κ2) is 7.74. The molecule has 0 saturated carbocycles. The maximum Gasteiger partial charge on any atom is 0.269 e. The van der Waals surface area contributed by atoms with Crippen molar-refractivity contribution < 1.29 is 13.6 Å². The molecule has 110 valence electrons. The van der Waals surface area contributed by atoms with Crippen LogP contribution >= 0.6 is 12.2 Å². The molecule has 4 nitrogen and oxygen atoms in total. The predicted molar refractivity (Wildman–Crippen MR) is 77.0 cm³/mol. The molecular weight excluding hydrogens is 284 g/mol. The molecule has 0 atom stereocenters. The van der Waals surface area contributed by atoms with Crippen molar-refractivity contribution >= 4 is 23.2 Å². The van der Waals surface area contributed by atoms with Gasteiger partial charge in [-0.25, -0.2) is 8.78 Å². The monoisotopic (exact) mass is 301 g/mol. The van der Waals surface area contributed by atoms with Crippen LogP contribution in [-0.2, 0) is 0 Å². The third-order valence-corrected chi connectivity index (χ3v) is 2.67. The van der Waals surface area contributed by atoms with Gasteiger partial charge in [-0.15, -0.1) is 0 Å². The number of carbonyl (C=O) groups excluding carboxylic acids is 1. The first-order valence-corrected chi connectivity index (χ1v) is 6.59. The highest BCUT2D eigenvalue weighted by atomic mass is 32.1. The van der Waals surface area contributed by atoms with Crippen molar-refractivity contribution in [3.8, 4) is 0 Å². The molecule has 0 fully saturated rings. The van der Waals surface area contributed by atoms with Gasteiger partial charge in [-0.05, 0) is 36.7 Å². The molecule has 0 bridgehead atoms. The van der Waals surface area contributed by atoms with Crippen LogP contribution in [-0.4, -0.2) is 17.6 Å². The maximum absolute atomic E-state index is 13.0. The van der Waals surface area contributed by atoms with E-state index in [1.54, 1.807) is 0 Å². The van der Waals surface area contributed by atoms with Crippen molar-refractivity contribution in [2.75, 3.05) is 6.54 Å². The summed E-state index contributed by atoms with van der Waals surface area (Å²) in [6.07, 6.45) is 0.935. The largest absolute Gasteiger partial charge is 0.361 e. The number of carbonyl (C=O) groups is 1.